The van der Waals surface area contributed by atoms with Gasteiger partial charge in [-0.2, -0.15) is 13.2 Å². The first kappa shape index (κ1) is 25.4. The highest BCUT2D eigenvalue weighted by Gasteiger charge is 2.36. The van der Waals surface area contributed by atoms with E-state index in [9.17, 15) is 33.2 Å². The van der Waals surface area contributed by atoms with Crippen LogP contribution in [-0.2, 0) is 17.9 Å². The van der Waals surface area contributed by atoms with Crippen LogP contribution in [-0.4, -0.2) is 33.1 Å². The quantitative estimate of drug-likeness (QED) is 0.274. The molecule has 2 unspecified atom stereocenters. The molecule has 0 aliphatic rings. The van der Waals surface area contributed by atoms with Gasteiger partial charge >= 0.3 is 11.2 Å². The smallest absolute Gasteiger partial charge is 0.446 e. The number of halogens is 3. The third-order valence-corrected chi connectivity index (χ3v) is 5.52. The van der Waals surface area contributed by atoms with Gasteiger partial charge in [0.2, 0.25) is 5.91 Å². The third kappa shape index (κ3) is 6.84. The van der Waals surface area contributed by atoms with E-state index in [4.69, 9.17) is 10.5 Å². The summed E-state index contributed by atoms with van der Waals surface area (Å²) < 4.78 is 42.7. The number of carbonyl (C=O) groups excluding carboxylic acids is 1. The summed E-state index contributed by atoms with van der Waals surface area (Å²) in [5.41, 5.74) is 0.162. The second-order valence-corrected chi connectivity index (χ2v) is 8.27. The lowest BCUT2D eigenvalue weighted by atomic mass is 9.94. The lowest BCUT2D eigenvalue weighted by molar-refractivity contribution is -0.386. The van der Waals surface area contributed by atoms with Crippen LogP contribution in [0.5, 0.6) is 5.75 Å². The number of alkyl halides is 3. The van der Waals surface area contributed by atoms with Gasteiger partial charge in [0.1, 0.15) is 12.1 Å². The Hall–Kier alpha value is -2.83. The van der Waals surface area contributed by atoms with Gasteiger partial charge in [-0.15, -0.1) is 0 Å². The predicted octanol–water partition coefficient (Wildman–Crippen LogP) is 3.50. The number of hydrogen-bond acceptors (Lipinski definition) is 7. The fraction of sp³-hybridized carbons (Fsp3) is 0.350. The molecule has 12 heteroatoms. The fourth-order valence-corrected chi connectivity index (χ4v) is 3.15. The van der Waals surface area contributed by atoms with E-state index in [0.717, 1.165) is 0 Å². The number of hydrogen-bond donors (Lipinski definition) is 3. The van der Waals surface area contributed by atoms with Crippen molar-refractivity contribution in [1.82, 2.24) is 5.32 Å². The summed E-state index contributed by atoms with van der Waals surface area (Å²) in [5.74, 6) is -0.803. The molecule has 32 heavy (non-hydrogen) atoms. The van der Waals surface area contributed by atoms with Gasteiger partial charge in [-0.25, -0.2) is 0 Å². The van der Waals surface area contributed by atoms with Crippen molar-refractivity contribution in [2.45, 2.75) is 49.0 Å². The van der Waals surface area contributed by atoms with E-state index in [1.54, 1.807) is 6.07 Å². The molecule has 1 amide bonds. The number of primary amides is 1. The van der Waals surface area contributed by atoms with Gasteiger partial charge in [-0.05, 0) is 54.9 Å². The molecule has 174 valence electrons. The van der Waals surface area contributed by atoms with E-state index in [-0.39, 0.29) is 41.2 Å². The molecule has 2 aromatic carbocycles. The Bertz CT molecular complexity index is 970. The van der Waals surface area contributed by atoms with Crippen LogP contribution in [0.4, 0.5) is 18.9 Å². The fourth-order valence-electron chi connectivity index (χ4n) is 2.61. The second-order valence-electron chi connectivity index (χ2n) is 7.14. The van der Waals surface area contributed by atoms with Crippen LogP contribution < -0.4 is 15.8 Å². The lowest BCUT2D eigenvalue weighted by Gasteiger charge is -2.30. The first-order valence-electron chi connectivity index (χ1n) is 9.29. The maximum Gasteiger partial charge on any atom is 0.446 e. The van der Waals surface area contributed by atoms with Crippen LogP contribution in [0.25, 0.3) is 0 Å². The maximum absolute atomic E-state index is 12.4. The van der Waals surface area contributed by atoms with Gasteiger partial charge in [-0.3, -0.25) is 20.2 Å². The Morgan fingerprint density at radius 2 is 1.84 bits per heavy atom. The van der Waals surface area contributed by atoms with Crippen molar-refractivity contribution in [3.05, 3.63) is 63.7 Å². The van der Waals surface area contributed by atoms with Gasteiger partial charge < -0.3 is 15.6 Å². The minimum absolute atomic E-state index is 0.0177. The zero-order valence-electron chi connectivity index (χ0n) is 17.2. The van der Waals surface area contributed by atoms with E-state index in [1.807, 2.05) is 0 Å². The number of benzene rings is 2. The minimum atomic E-state index is -4.39. The van der Waals surface area contributed by atoms with Crippen LogP contribution in [0.15, 0.2) is 47.4 Å². The number of nitro benzene ring substituents is 1. The highest BCUT2D eigenvalue weighted by molar-refractivity contribution is 8.00. The van der Waals surface area contributed by atoms with Crippen molar-refractivity contribution in [2.75, 3.05) is 0 Å². The van der Waals surface area contributed by atoms with Gasteiger partial charge in [0, 0.05) is 17.5 Å². The number of aliphatic hydroxyl groups excluding tert-OH is 1. The van der Waals surface area contributed by atoms with Crippen molar-refractivity contribution in [1.29, 1.82) is 0 Å². The van der Waals surface area contributed by atoms with Crippen molar-refractivity contribution >= 4 is 23.4 Å². The normalized spacial score (nSPS) is 14.4. The predicted molar refractivity (Wildman–Crippen MR) is 112 cm³/mol. The van der Waals surface area contributed by atoms with Crippen LogP contribution in [0.1, 0.15) is 25.0 Å². The first-order valence-corrected chi connectivity index (χ1v) is 10.1. The van der Waals surface area contributed by atoms with Crippen LogP contribution in [0.3, 0.4) is 0 Å². The lowest BCUT2D eigenvalue weighted by Crippen LogP contribution is -2.59. The number of nitrogens with two attached hydrogens (primary N) is 1. The molecule has 2 aromatic rings. The Balaban J connectivity index is 2.10. The molecule has 0 spiro atoms. The Morgan fingerprint density at radius 3 is 2.34 bits per heavy atom. The topological polar surface area (TPSA) is 128 Å². The summed E-state index contributed by atoms with van der Waals surface area (Å²) in [6, 6.07) is 9.65. The van der Waals surface area contributed by atoms with Crippen LogP contribution >= 0.6 is 11.8 Å². The molecule has 0 fully saturated rings. The molecule has 4 N–H and O–H groups in total. The number of nitrogens with zero attached hydrogens (tertiary/aromatic N) is 1. The zero-order valence-corrected chi connectivity index (χ0v) is 18.0. The van der Waals surface area contributed by atoms with E-state index in [2.05, 4.69) is 5.32 Å². The molecule has 0 aromatic heterocycles. The molecule has 0 radical (unpaired) electrons. The average molecular weight is 473 g/mol. The van der Waals surface area contributed by atoms with Crippen LogP contribution in [0.2, 0.25) is 0 Å². The summed E-state index contributed by atoms with van der Waals surface area (Å²) in [4.78, 5) is 22.5. The molecule has 0 aliphatic heterocycles. The number of nitro groups is 1. The SMILES string of the molecule is CC(O)C(C)(NCc1ccc(OCc2ccc(SC(F)(F)F)cc2)c([N+](=O)[O-])c1)C(N)=O. The summed E-state index contributed by atoms with van der Waals surface area (Å²) >= 11 is -0.239. The molecule has 0 saturated heterocycles. The van der Waals surface area contributed by atoms with Gasteiger partial charge in [0.25, 0.3) is 0 Å². The van der Waals surface area contributed by atoms with Gasteiger partial charge in [-0.1, -0.05) is 18.2 Å². The molecule has 0 aliphatic carbocycles. The minimum Gasteiger partial charge on any atom is -0.482 e. The summed E-state index contributed by atoms with van der Waals surface area (Å²) in [5, 5.41) is 24.1. The number of carbonyl (C=O) groups is 1. The number of thioether (sulfide) groups is 1. The average Bonchev–Trinajstić information content (AvgIpc) is 2.70. The number of rotatable bonds is 10. The van der Waals surface area contributed by atoms with Crippen LogP contribution in [0, 0.1) is 10.1 Å². The van der Waals surface area contributed by atoms with E-state index in [0.29, 0.717) is 11.1 Å². The van der Waals surface area contributed by atoms with E-state index in [1.165, 1.54) is 50.2 Å². The molecule has 0 bridgehead atoms. The second kappa shape index (κ2) is 10.2. The number of amides is 1. The van der Waals surface area contributed by atoms with Crippen molar-refractivity contribution < 1.29 is 32.7 Å². The molecule has 0 heterocycles. The highest BCUT2D eigenvalue weighted by Crippen LogP contribution is 2.37. The molecular weight excluding hydrogens is 451 g/mol. The zero-order chi connectivity index (χ0) is 24.1. The monoisotopic (exact) mass is 473 g/mol. The summed E-state index contributed by atoms with van der Waals surface area (Å²) in [7, 11) is 0. The number of nitrogens with one attached hydrogen (secondary N) is 1. The summed E-state index contributed by atoms with van der Waals surface area (Å²) in [6.45, 7) is 2.75. The maximum atomic E-state index is 12.4. The summed E-state index contributed by atoms with van der Waals surface area (Å²) in [6.07, 6.45) is -1.10. The standard InChI is InChI=1S/C20H22F3N3O5S/c1-12(27)19(2,18(24)28)25-10-14-5-8-17(16(9-14)26(29)30)31-11-13-3-6-15(7-4-13)32-20(21,22)23/h3-9,12,25,27H,10-11H2,1-2H3,(H2,24,28). The molecule has 0 saturated carbocycles. The highest BCUT2D eigenvalue weighted by atomic mass is 32.2. The van der Waals surface area contributed by atoms with E-state index >= 15 is 0 Å². The van der Waals surface area contributed by atoms with E-state index < -0.39 is 28.0 Å². The van der Waals surface area contributed by atoms with Gasteiger partial charge in [0.15, 0.2) is 5.75 Å². The Kier molecular flexibility index (Phi) is 8.10. The van der Waals surface area contributed by atoms with Gasteiger partial charge in [0.05, 0.1) is 11.0 Å². The molecule has 2 rings (SSSR count). The van der Waals surface area contributed by atoms with Crippen molar-refractivity contribution in [3.63, 3.8) is 0 Å². The number of aliphatic hydroxyl groups is 1. The molecule has 8 nitrogen and oxygen atoms in total. The third-order valence-electron chi connectivity index (χ3n) is 4.78. The largest absolute Gasteiger partial charge is 0.482 e. The first-order chi connectivity index (χ1) is 14.8. The molecule has 2 atom stereocenters. The number of ether oxygens (including phenoxy) is 1. The molecular formula is C20H22F3N3O5S. The Morgan fingerprint density at radius 1 is 1.25 bits per heavy atom. The van der Waals surface area contributed by atoms with Crippen molar-refractivity contribution in [2.24, 2.45) is 5.73 Å². The van der Waals surface area contributed by atoms with Crippen molar-refractivity contribution in [3.8, 4) is 5.75 Å². The Labute approximate surface area is 186 Å².